The van der Waals surface area contributed by atoms with Crippen LogP contribution in [0.15, 0.2) is 48.5 Å². The van der Waals surface area contributed by atoms with Gasteiger partial charge in [0, 0.05) is 32.4 Å². The minimum atomic E-state index is -0.0855. The quantitative estimate of drug-likeness (QED) is 0.750. The zero-order chi connectivity index (χ0) is 19.1. The van der Waals surface area contributed by atoms with E-state index in [9.17, 15) is 4.79 Å². The summed E-state index contributed by atoms with van der Waals surface area (Å²) < 4.78 is 16.3. The maximum Gasteiger partial charge on any atom is 0.260 e. The number of ether oxygens (including phenoxy) is 3. The van der Waals surface area contributed by atoms with E-state index in [-0.39, 0.29) is 12.5 Å². The van der Waals surface area contributed by atoms with Crippen molar-refractivity contribution in [3.63, 3.8) is 0 Å². The number of hydrogen-bond acceptors (Lipinski definition) is 5. The molecule has 0 aromatic heterocycles. The molecule has 6 heteroatoms. The van der Waals surface area contributed by atoms with Gasteiger partial charge in [0.15, 0.2) is 18.1 Å². The third kappa shape index (κ3) is 4.92. The average molecular weight is 370 g/mol. The molecule has 0 bridgehead atoms. The molecule has 3 rings (SSSR count). The number of rotatable bonds is 7. The molecule has 6 nitrogen and oxygen atoms in total. The van der Waals surface area contributed by atoms with Crippen LogP contribution >= 0.6 is 0 Å². The molecular formula is C21H26N2O4. The highest BCUT2D eigenvalue weighted by Crippen LogP contribution is 2.26. The molecule has 0 aliphatic carbocycles. The first-order chi connectivity index (χ1) is 13.2. The van der Waals surface area contributed by atoms with E-state index in [0.29, 0.717) is 18.0 Å². The van der Waals surface area contributed by atoms with Gasteiger partial charge in [-0.3, -0.25) is 4.79 Å². The number of amides is 1. The third-order valence-electron chi connectivity index (χ3n) is 4.60. The molecule has 0 saturated carbocycles. The summed E-state index contributed by atoms with van der Waals surface area (Å²) in [6, 6.07) is 15.5. The third-order valence-corrected chi connectivity index (χ3v) is 4.60. The van der Waals surface area contributed by atoms with E-state index >= 15 is 0 Å². The smallest absolute Gasteiger partial charge is 0.260 e. The van der Waals surface area contributed by atoms with Crippen LogP contribution in [0.3, 0.4) is 0 Å². The van der Waals surface area contributed by atoms with Crippen LogP contribution < -0.4 is 14.4 Å². The van der Waals surface area contributed by atoms with Gasteiger partial charge in [-0.25, -0.2) is 0 Å². The van der Waals surface area contributed by atoms with Gasteiger partial charge >= 0.3 is 0 Å². The molecule has 27 heavy (non-hydrogen) atoms. The predicted octanol–water partition coefficient (Wildman–Crippen LogP) is 2.57. The van der Waals surface area contributed by atoms with Crippen molar-refractivity contribution < 1.29 is 19.0 Å². The summed E-state index contributed by atoms with van der Waals surface area (Å²) in [7, 11) is 3.38. The maximum absolute atomic E-state index is 12.5. The molecule has 0 unspecified atom stereocenters. The molecule has 0 N–H and O–H groups in total. The average Bonchev–Trinajstić information content (AvgIpc) is 2.73. The summed E-state index contributed by atoms with van der Waals surface area (Å²) in [5.74, 6) is 1.10. The first-order valence-corrected chi connectivity index (χ1v) is 9.09. The number of methoxy groups -OCH3 is 1. The number of para-hydroxylation sites is 3. The standard InChI is InChI=1S/C21H26N2O4/c1-22(21(24)16-27-20-10-6-5-9-19(20)25-2)15-17-7-3-4-8-18(17)23-11-13-26-14-12-23/h3-10H,11-16H2,1-2H3. The molecule has 1 aliphatic heterocycles. The van der Waals surface area contributed by atoms with Crippen molar-refractivity contribution in [3.8, 4) is 11.5 Å². The van der Waals surface area contributed by atoms with Gasteiger partial charge in [-0.1, -0.05) is 30.3 Å². The Morgan fingerprint density at radius 3 is 2.48 bits per heavy atom. The second-order valence-electron chi connectivity index (χ2n) is 6.42. The Bertz CT molecular complexity index is 759. The summed E-state index contributed by atoms with van der Waals surface area (Å²) in [6.07, 6.45) is 0. The Kier molecular flexibility index (Phi) is 6.54. The van der Waals surface area contributed by atoms with Crippen LogP contribution in [0.2, 0.25) is 0 Å². The fourth-order valence-corrected chi connectivity index (χ4v) is 3.09. The topological polar surface area (TPSA) is 51.2 Å². The number of likely N-dealkylation sites (N-methyl/N-ethyl adjacent to an activating group) is 1. The Morgan fingerprint density at radius 2 is 1.74 bits per heavy atom. The van der Waals surface area contributed by atoms with Gasteiger partial charge < -0.3 is 24.0 Å². The van der Waals surface area contributed by atoms with Crippen LogP contribution in [-0.2, 0) is 16.1 Å². The zero-order valence-corrected chi connectivity index (χ0v) is 15.9. The highest BCUT2D eigenvalue weighted by Gasteiger charge is 2.17. The Labute approximate surface area is 160 Å². The number of morpholine rings is 1. The monoisotopic (exact) mass is 370 g/mol. The summed E-state index contributed by atoms with van der Waals surface area (Å²) >= 11 is 0. The zero-order valence-electron chi connectivity index (χ0n) is 15.9. The van der Waals surface area contributed by atoms with Crippen LogP contribution in [0.4, 0.5) is 5.69 Å². The normalized spacial score (nSPS) is 13.9. The largest absolute Gasteiger partial charge is 0.493 e. The molecule has 1 fully saturated rings. The van der Waals surface area contributed by atoms with Gasteiger partial charge in [-0.05, 0) is 23.8 Å². The van der Waals surface area contributed by atoms with Crippen molar-refractivity contribution in [2.75, 3.05) is 52.0 Å². The summed E-state index contributed by atoms with van der Waals surface area (Å²) in [6.45, 7) is 3.70. The van der Waals surface area contributed by atoms with Gasteiger partial charge in [0.1, 0.15) is 0 Å². The van der Waals surface area contributed by atoms with Crippen LogP contribution in [0, 0.1) is 0 Å². The first kappa shape index (κ1) is 19.0. The van der Waals surface area contributed by atoms with Crippen molar-refractivity contribution in [1.82, 2.24) is 4.90 Å². The molecular weight excluding hydrogens is 344 g/mol. The van der Waals surface area contributed by atoms with Gasteiger partial charge in [0.2, 0.25) is 0 Å². The molecule has 1 amide bonds. The lowest BCUT2D eigenvalue weighted by atomic mass is 10.1. The summed E-state index contributed by atoms with van der Waals surface area (Å²) in [4.78, 5) is 16.5. The molecule has 0 radical (unpaired) electrons. The molecule has 0 atom stereocenters. The summed E-state index contributed by atoms with van der Waals surface area (Å²) in [5, 5.41) is 0. The lowest BCUT2D eigenvalue weighted by Crippen LogP contribution is -2.37. The van der Waals surface area contributed by atoms with E-state index in [2.05, 4.69) is 17.0 Å². The van der Waals surface area contributed by atoms with Crippen molar-refractivity contribution in [3.05, 3.63) is 54.1 Å². The van der Waals surface area contributed by atoms with E-state index in [1.54, 1.807) is 25.1 Å². The molecule has 2 aromatic carbocycles. The van der Waals surface area contributed by atoms with E-state index in [1.807, 2.05) is 30.3 Å². The fourth-order valence-electron chi connectivity index (χ4n) is 3.09. The van der Waals surface area contributed by atoms with E-state index in [1.165, 1.54) is 0 Å². The number of carbonyl (C=O) groups is 1. The van der Waals surface area contributed by atoms with Crippen molar-refractivity contribution >= 4 is 11.6 Å². The van der Waals surface area contributed by atoms with Crippen molar-refractivity contribution in [2.24, 2.45) is 0 Å². The van der Waals surface area contributed by atoms with Gasteiger partial charge in [-0.2, -0.15) is 0 Å². The molecule has 1 saturated heterocycles. The summed E-state index contributed by atoms with van der Waals surface area (Å²) in [5.41, 5.74) is 2.28. The fraction of sp³-hybridized carbons (Fsp3) is 0.381. The van der Waals surface area contributed by atoms with E-state index < -0.39 is 0 Å². The highest BCUT2D eigenvalue weighted by atomic mass is 16.5. The Morgan fingerprint density at radius 1 is 1.07 bits per heavy atom. The molecule has 144 valence electrons. The number of benzene rings is 2. The molecule has 1 aliphatic rings. The second-order valence-corrected chi connectivity index (χ2v) is 6.42. The predicted molar refractivity (Wildman–Crippen MR) is 104 cm³/mol. The molecule has 1 heterocycles. The van der Waals surface area contributed by atoms with Crippen LogP contribution in [0.5, 0.6) is 11.5 Å². The Balaban J connectivity index is 1.61. The van der Waals surface area contributed by atoms with E-state index in [4.69, 9.17) is 14.2 Å². The van der Waals surface area contributed by atoms with Crippen molar-refractivity contribution in [1.29, 1.82) is 0 Å². The van der Waals surface area contributed by atoms with Crippen LogP contribution in [0.1, 0.15) is 5.56 Å². The number of hydrogen-bond donors (Lipinski definition) is 0. The molecule has 0 spiro atoms. The van der Waals surface area contributed by atoms with E-state index in [0.717, 1.165) is 37.6 Å². The number of carbonyl (C=O) groups excluding carboxylic acids is 1. The first-order valence-electron chi connectivity index (χ1n) is 9.09. The van der Waals surface area contributed by atoms with Crippen LogP contribution in [0.25, 0.3) is 0 Å². The van der Waals surface area contributed by atoms with Gasteiger partial charge in [0.05, 0.1) is 20.3 Å². The van der Waals surface area contributed by atoms with Gasteiger partial charge in [-0.15, -0.1) is 0 Å². The Hall–Kier alpha value is -2.73. The minimum Gasteiger partial charge on any atom is -0.493 e. The maximum atomic E-state index is 12.5. The van der Waals surface area contributed by atoms with Crippen LogP contribution in [-0.4, -0.2) is 57.9 Å². The van der Waals surface area contributed by atoms with Gasteiger partial charge in [0.25, 0.3) is 5.91 Å². The lowest BCUT2D eigenvalue weighted by Gasteiger charge is -2.31. The number of nitrogens with zero attached hydrogens (tertiary/aromatic N) is 2. The SMILES string of the molecule is COc1ccccc1OCC(=O)N(C)Cc1ccccc1N1CCOCC1. The molecule has 2 aromatic rings. The lowest BCUT2D eigenvalue weighted by molar-refractivity contribution is -0.132. The highest BCUT2D eigenvalue weighted by molar-refractivity contribution is 5.77. The number of anilines is 1. The second kappa shape index (κ2) is 9.28. The minimum absolute atomic E-state index is 0.0312. The van der Waals surface area contributed by atoms with Crippen molar-refractivity contribution in [2.45, 2.75) is 6.54 Å².